The van der Waals surface area contributed by atoms with Crippen molar-refractivity contribution in [3.8, 4) is 11.6 Å². The number of aromatic nitrogens is 4. The zero-order valence-electron chi connectivity index (χ0n) is 10.9. The first-order valence-electron chi connectivity index (χ1n) is 6.17. The molecule has 0 radical (unpaired) electrons. The Hall–Kier alpha value is -3.22. The first-order valence-corrected chi connectivity index (χ1v) is 6.17. The number of hydrogen-bond acceptors (Lipinski definition) is 5. The van der Waals surface area contributed by atoms with E-state index in [0.717, 1.165) is 0 Å². The molecular weight excluding hydrogens is 270 g/mol. The quantitative estimate of drug-likeness (QED) is 0.765. The number of carbonyl (C=O) groups excluding carboxylic acids is 1. The van der Waals surface area contributed by atoms with Crippen molar-refractivity contribution in [3.05, 3.63) is 60.6 Å². The average Bonchev–Trinajstić information content (AvgIpc) is 3.03. The lowest BCUT2D eigenvalue weighted by Crippen LogP contribution is -2.12. The molecule has 0 unspecified atom stereocenters. The van der Waals surface area contributed by atoms with Gasteiger partial charge in [-0.3, -0.25) is 4.79 Å². The summed E-state index contributed by atoms with van der Waals surface area (Å²) in [5.74, 6) is 0.711. The molecule has 3 rings (SSSR count). The van der Waals surface area contributed by atoms with E-state index in [0.29, 0.717) is 17.3 Å². The smallest absolute Gasteiger partial charge is 0.277 e. The number of carbonyl (C=O) groups is 1. The Balaban J connectivity index is 1.73. The second-order valence-corrected chi connectivity index (χ2v) is 4.11. The molecule has 1 aromatic carbocycles. The Bertz CT molecular complexity index is 728. The maximum Gasteiger partial charge on any atom is 0.277 e. The van der Waals surface area contributed by atoms with Crippen molar-refractivity contribution in [1.82, 2.24) is 20.4 Å². The molecular formula is C14H11N5O2. The Morgan fingerprint density at radius 3 is 2.90 bits per heavy atom. The molecule has 7 nitrogen and oxygen atoms in total. The van der Waals surface area contributed by atoms with Gasteiger partial charge in [-0.1, -0.05) is 12.1 Å². The van der Waals surface area contributed by atoms with Crippen LogP contribution in [0.5, 0.6) is 11.6 Å². The highest BCUT2D eigenvalue weighted by Gasteiger charge is 2.09. The Morgan fingerprint density at radius 2 is 2.14 bits per heavy atom. The molecule has 104 valence electrons. The van der Waals surface area contributed by atoms with Gasteiger partial charge in [-0.15, -0.1) is 0 Å². The number of nitrogens with zero attached hydrogens (tertiary/aromatic N) is 3. The van der Waals surface area contributed by atoms with Crippen LogP contribution in [0.3, 0.4) is 0 Å². The highest BCUT2D eigenvalue weighted by atomic mass is 16.5. The Kier molecular flexibility index (Phi) is 3.55. The van der Waals surface area contributed by atoms with Gasteiger partial charge in [0.1, 0.15) is 5.75 Å². The fraction of sp³-hybridized carbons (Fsp3) is 0. The molecule has 0 aliphatic heterocycles. The highest BCUT2D eigenvalue weighted by molar-refractivity contribution is 6.02. The normalized spacial score (nSPS) is 10.1. The molecule has 0 aliphatic carbocycles. The van der Waals surface area contributed by atoms with Crippen LogP contribution in [0.15, 0.2) is 54.9 Å². The number of benzene rings is 1. The van der Waals surface area contributed by atoms with Gasteiger partial charge in [0.15, 0.2) is 5.69 Å². The third-order valence-corrected chi connectivity index (χ3v) is 2.60. The first kappa shape index (κ1) is 12.8. The standard InChI is InChI=1S/C14H11N5O2/c20-14(12-9-16-19-18-12)17-10-4-3-5-11(8-10)21-13-6-1-2-7-15-13/h1-9H,(H,17,20)(H,16,18,19). The van der Waals surface area contributed by atoms with Gasteiger partial charge in [0, 0.05) is 24.0 Å². The van der Waals surface area contributed by atoms with E-state index in [1.54, 1.807) is 42.6 Å². The third kappa shape index (κ3) is 3.21. The van der Waals surface area contributed by atoms with Gasteiger partial charge in [-0.25, -0.2) is 4.98 Å². The number of pyridine rings is 1. The third-order valence-electron chi connectivity index (χ3n) is 2.60. The van der Waals surface area contributed by atoms with Gasteiger partial charge in [0.2, 0.25) is 5.88 Å². The van der Waals surface area contributed by atoms with Gasteiger partial charge < -0.3 is 10.1 Å². The summed E-state index contributed by atoms with van der Waals surface area (Å²) in [6, 6.07) is 12.4. The van der Waals surface area contributed by atoms with Crippen molar-refractivity contribution in [2.75, 3.05) is 5.32 Å². The monoisotopic (exact) mass is 281 g/mol. The molecule has 2 aromatic heterocycles. The van der Waals surface area contributed by atoms with Crippen LogP contribution in [0.25, 0.3) is 0 Å². The number of nitrogens with one attached hydrogen (secondary N) is 2. The van der Waals surface area contributed by atoms with Crippen LogP contribution in [0.2, 0.25) is 0 Å². The summed E-state index contributed by atoms with van der Waals surface area (Å²) < 4.78 is 5.59. The first-order chi connectivity index (χ1) is 10.3. The molecule has 2 N–H and O–H groups in total. The number of ether oxygens (including phenoxy) is 1. The van der Waals surface area contributed by atoms with E-state index < -0.39 is 0 Å². The fourth-order valence-electron chi connectivity index (χ4n) is 1.67. The summed E-state index contributed by atoms with van der Waals surface area (Å²) in [7, 11) is 0. The second kappa shape index (κ2) is 5.83. The minimum Gasteiger partial charge on any atom is -0.439 e. The van der Waals surface area contributed by atoms with E-state index >= 15 is 0 Å². The highest BCUT2D eigenvalue weighted by Crippen LogP contribution is 2.22. The van der Waals surface area contributed by atoms with Gasteiger partial charge in [-0.05, 0) is 18.2 Å². The largest absolute Gasteiger partial charge is 0.439 e. The second-order valence-electron chi connectivity index (χ2n) is 4.11. The molecule has 0 saturated carbocycles. The minimum absolute atomic E-state index is 0.214. The summed E-state index contributed by atoms with van der Waals surface area (Å²) >= 11 is 0. The lowest BCUT2D eigenvalue weighted by molar-refractivity contribution is 0.102. The van der Waals surface area contributed by atoms with Crippen molar-refractivity contribution in [3.63, 3.8) is 0 Å². The van der Waals surface area contributed by atoms with E-state index in [4.69, 9.17) is 4.74 Å². The molecule has 0 fully saturated rings. The topological polar surface area (TPSA) is 92.8 Å². The molecule has 7 heteroatoms. The predicted octanol–water partition coefficient (Wildman–Crippen LogP) is 2.24. The van der Waals surface area contributed by atoms with Crippen LogP contribution in [0.4, 0.5) is 5.69 Å². The van der Waals surface area contributed by atoms with Crippen molar-refractivity contribution >= 4 is 11.6 Å². The maximum atomic E-state index is 11.9. The molecule has 0 atom stereocenters. The molecule has 0 aliphatic rings. The molecule has 2 heterocycles. The maximum absolute atomic E-state index is 11.9. The van der Waals surface area contributed by atoms with Crippen molar-refractivity contribution in [2.45, 2.75) is 0 Å². The molecule has 0 saturated heterocycles. The van der Waals surface area contributed by atoms with E-state index in [-0.39, 0.29) is 11.6 Å². The average molecular weight is 281 g/mol. The number of anilines is 1. The zero-order valence-corrected chi connectivity index (χ0v) is 10.9. The lowest BCUT2D eigenvalue weighted by atomic mass is 10.3. The van der Waals surface area contributed by atoms with Crippen molar-refractivity contribution in [2.24, 2.45) is 0 Å². The molecule has 21 heavy (non-hydrogen) atoms. The predicted molar refractivity (Wildman–Crippen MR) is 75.1 cm³/mol. The number of aromatic amines is 1. The summed E-state index contributed by atoms with van der Waals surface area (Å²) in [6.07, 6.45) is 3.00. The van der Waals surface area contributed by atoms with Crippen molar-refractivity contribution in [1.29, 1.82) is 0 Å². The fourth-order valence-corrected chi connectivity index (χ4v) is 1.67. The van der Waals surface area contributed by atoms with Crippen LogP contribution >= 0.6 is 0 Å². The Morgan fingerprint density at radius 1 is 1.19 bits per heavy atom. The van der Waals surface area contributed by atoms with Crippen LogP contribution < -0.4 is 10.1 Å². The van der Waals surface area contributed by atoms with E-state index in [1.165, 1.54) is 6.20 Å². The van der Waals surface area contributed by atoms with Gasteiger partial charge in [0.05, 0.1) is 6.20 Å². The minimum atomic E-state index is -0.348. The summed E-state index contributed by atoms with van der Waals surface area (Å²) in [4.78, 5) is 15.9. The van der Waals surface area contributed by atoms with Crippen LogP contribution in [0, 0.1) is 0 Å². The number of hydrogen-bond donors (Lipinski definition) is 2. The van der Waals surface area contributed by atoms with Gasteiger partial charge in [-0.2, -0.15) is 15.4 Å². The molecule has 3 aromatic rings. The number of amides is 1. The number of rotatable bonds is 4. The van der Waals surface area contributed by atoms with Crippen LogP contribution in [-0.2, 0) is 0 Å². The van der Waals surface area contributed by atoms with E-state index in [1.807, 2.05) is 6.07 Å². The van der Waals surface area contributed by atoms with Crippen molar-refractivity contribution < 1.29 is 9.53 Å². The van der Waals surface area contributed by atoms with Crippen LogP contribution in [0.1, 0.15) is 10.5 Å². The number of H-pyrrole nitrogens is 1. The van der Waals surface area contributed by atoms with Gasteiger partial charge in [0.25, 0.3) is 5.91 Å². The SMILES string of the molecule is O=C(Nc1cccc(Oc2ccccn2)c1)c1cn[nH]n1. The summed E-state index contributed by atoms with van der Waals surface area (Å²) in [5, 5.41) is 12.4. The Labute approximate surface area is 120 Å². The van der Waals surface area contributed by atoms with Crippen LogP contribution in [-0.4, -0.2) is 26.3 Å². The summed E-state index contributed by atoms with van der Waals surface area (Å²) in [6.45, 7) is 0. The molecule has 1 amide bonds. The van der Waals surface area contributed by atoms with E-state index in [2.05, 4.69) is 25.7 Å². The summed E-state index contributed by atoms with van der Waals surface area (Å²) in [5.41, 5.74) is 0.808. The van der Waals surface area contributed by atoms with E-state index in [9.17, 15) is 4.79 Å². The molecule has 0 bridgehead atoms. The zero-order chi connectivity index (χ0) is 14.5. The molecule has 0 spiro atoms. The lowest BCUT2D eigenvalue weighted by Gasteiger charge is -2.07. The van der Waals surface area contributed by atoms with Gasteiger partial charge >= 0.3 is 0 Å².